The van der Waals surface area contributed by atoms with Gasteiger partial charge in [0, 0.05) is 44.5 Å². The van der Waals surface area contributed by atoms with Gasteiger partial charge in [-0.3, -0.25) is 0 Å². The van der Waals surface area contributed by atoms with Crippen LogP contribution in [0.5, 0.6) is 5.75 Å². The number of halogens is 1. The van der Waals surface area contributed by atoms with E-state index in [-0.39, 0.29) is 5.82 Å². The fourth-order valence-corrected chi connectivity index (χ4v) is 3.00. The monoisotopic (exact) mass is 343 g/mol. The Kier molecular flexibility index (Phi) is 5.76. The molecule has 0 atom stereocenters. The molecule has 1 fully saturated rings. The molecule has 1 heterocycles. The molecule has 25 heavy (non-hydrogen) atoms. The van der Waals surface area contributed by atoms with Crippen molar-refractivity contribution >= 4 is 11.4 Å². The summed E-state index contributed by atoms with van der Waals surface area (Å²) in [6.07, 6.45) is 0. The van der Waals surface area contributed by atoms with Crippen molar-refractivity contribution in [3.8, 4) is 5.75 Å². The van der Waals surface area contributed by atoms with Crippen LogP contribution in [0.2, 0.25) is 0 Å². The molecular weight excluding hydrogens is 317 g/mol. The summed E-state index contributed by atoms with van der Waals surface area (Å²) in [5.41, 5.74) is 3.27. The minimum absolute atomic E-state index is 0.287. The Morgan fingerprint density at radius 3 is 2.44 bits per heavy atom. The van der Waals surface area contributed by atoms with Crippen molar-refractivity contribution in [3.05, 3.63) is 53.8 Å². The van der Waals surface area contributed by atoms with Gasteiger partial charge in [0.25, 0.3) is 0 Å². The normalized spacial score (nSPS) is 15.2. The second kappa shape index (κ2) is 8.21. The third-order valence-electron chi connectivity index (χ3n) is 4.53. The van der Waals surface area contributed by atoms with Crippen LogP contribution >= 0.6 is 0 Å². The maximum atomic E-state index is 13.4. The number of likely N-dealkylation sites (N-methyl/N-ethyl adjacent to an activating group) is 1. The molecule has 0 bridgehead atoms. The van der Waals surface area contributed by atoms with Gasteiger partial charge in [0.05, 0.1) is 12.3 Å². The van der Waals surface area contributed by atoms with Crippen LogP contribution in [0.3, 0.4) is 0 Å². The molecule has 0 aromatic heterocycles. The van der Waals surface area contributed by atoms with Crippen molar-refractivity contribution in [2.75, 3.05) is 50.1 Å². The van der Waals surface area contributed by atoms with Gasteiger partial charge in [-0.05, 0) is 43.8 Å². The molecule has 4 nitrogen and oxygen atoms in total. The smallest absolute Gasteiger partial charge is 0.145 e. The van der Waals surface area contributed by atoms with Gasteiger partial charge in [0.2, 0.25) is 0 Å². The van der Waals surface area contributed by atoms with Gasteiger partial charge < -0.3 is 19.9 Å². The summed E-state index contributed by atoms with van der Waals surface area (Å²) < 4.78 is 18.9. The highest BCUT2D eigenvalue weighted by Gasteiger charge is 2.14. The zero-order valence-corrected chi connectivity index (χ0v) is 15.0. The number of piperazine rings is 1. The molecule has 134 valence electrons. The predicted octanol–water partition coefficient (Wildman–Crippen LogP) is 3.59. The van der Waals surface area contributed by atoms with Crippen LogP contribution in [0.4, 0.5) is 15.8 Å². The van der Waals surface area contributed by atoms with E-state index in [0.717, 1.165) is 31.9 Å². The summed E-state index contributed by atoms with van der Waals surface area (Å²) in [4.78, 5) is 4.78. The third kappa shape index (κ3) is 4.63. The SMILES string of the molecule is CCOc1cc(F)ccc1NCc1ccc(N2CCN(C)CC2)cc1. The summed E-state index contributed by atoms with van der Waals surface area (Å²) in [6, 6.07) is 13.2. The molecule has 2 aromatic rings. The Morgan fingerprint density at radius 1 is 1.04 bits per heavy atom. The van der Waals surface area contributed by atoms with Gasteiger partial charge >= 0.3 is 0 Å². The molecule has 2 aromatic carbocycles. The minimum Gasteiger partial charge on any atom is -0.492 e. The number of hydrogen-bond donors (Lipinski definition) is 1. The molecule has 0 spiro atoms. The highest BCUT2D eigenvalue weighted by Crippen LogP contribution is 2.26. The molecule has 0 unspecified atom stereocenters. The topological polar surface area (TPSA) is 27.7 Å². The Labute approximate surface area is 149 Å². The number of nitrogens with one attached hydrogen (secondary N) is 1. The second-order valence-corrected chi connectivity index (χ2v) is 6.38. The van der Waals surface area contributed by atoms with Crippen molar-refractivity contribution in [1.29, 1.82) is 0 Å². The number of benzene rings is 2. The Hall–Kier alpha value is -2.27. The van der Waals surface area contributed by atoms with Crippen LogP contribution in [0.25, 0.3) is 0 Å². The lowest BCUT2D eigenvalue weighted by atomic mass is 10.1. The average Bonchev–Trinajstić information content (AvgIpc) is 2.63. The molecule has 0 saturated carbocycles. The fourth-order valence-electron chi connectivity index (χ4n) is 3.00. The van der Waals surface area contributed by atoms with Crippen LogP contribution in [0, 0.1) is 5.82 Å². The van der Waals surface area contributed by atoms with E-state index in [1.807, 2.05) is 6.92 Å². The van der Waals surface area contributed by atoms with Crippen molar-refractivity contribution in [2.45, 2.75) is 13.5 Å². The standard InChI is InChI=1S/C20H26FN3O/c1-3-25-20-14-17(21)6-9-19(20)22-15-16-4-7-18(8-5-16)24-12-10-23(2)11-13-24/h4-9,14,22H,3,10-13,15H2,1-2H3. The van der Waals surface area contributed by atoms with E-state index < -0.39 is 0 Å². The van der Waals surface area contributed by atoms with Gasteiger partial charge in [-0.15, -0.1) is 0 Å². The van der Waals surface area contributed by atoms with Crippen molar-refractivity contribution in [3.63, 3.8) is 0 Å². The molecule has 5 heteroatoms. The highest BCUT2D eigenvalue weighted by molar-refractivity contribution is 5.57. The zero-order chi connectivity index (χ0) is 17.6. The van der Waals surface area contributed by atoms with Crippen molar-refractivity contribution in [1.82, 2.24) is 4.90 Å². The number of anilines is 2. The van der Waals surface area contributed by atoms with Gasteiger partial charge in [-0.25, -0.2) is 4.39 Å². The van der Waals surface area contributed by atoms with E-state index in [0.29, 0.717) is 18.9 Å². The maximum absolute atomic E-state index is 13.4. The van der Waals surface area contributed by atoms with Crippen LogP contribution in [-0.2, 0) is 6.54 Å². The lowest BCUT2D eigenvalue weighted by molar-refractivity contribution is 0.313. The van der Waals surface area contributed by atoms with E-state index >= 15 is 0 Å². The van der Waals surface area contributed by atoms with E-state index in [9.17, 15) is 4.39 Å². The van der Waals surface area contributed by atoms with Crippen molar-refractivity contribution in [2.24, 2.45) is 0 Å². The third-order valence-corrected chi connectivity index (χ3v) is 4.53. The number of nitrogens with zero attached hydrogens (tertiary/aromatic N) is 2. The molecule has 0 radical (unpaired) electrons. The summed E-state index contributed by atoms with van der Waals surface area (Å²) in [6.45, 7) is 7.43. The lowest BCUT2D eigenvalue weighted by Crippen LogP contribution is -2.44. The summed E-state index contributed by atoms with van der Waals surface area (Å²) in [7, 11) is 2.16. The van der Waals surface area contributed by atoms with E-state index in [1.165, 1.54) is 23.4 Å². The van der Waals surface area contributed by atoms with E-state index in [1.54, 1.807) is 6.07 Å². The molecule has 1 N–H and O–H groups in total. The first-order valence-corrected chi connectivity index (χ1v) is 8.84. The Bertz CT molecular complexity index is 682. The first kappa shape index (κ1) is 17.5. The maximum Gasteiger partial charge on any atom is 0.145 e. The van der Waals surface area contributed by atoms with Crippen molar-refractivity contribution < 1.29 is 9.13 Å². The summed E-state index contributed by atoms with van der Waals surface area (Å²) in [5.74, 6) is 0.266. The first-order chi connectivity index (χ1) is 12.2. The Balaban J connectivity index is 1.60. The minimum atomic E-state index is -0.287. The van der Waals surface area contributed by atoms with Gasteiger partial charge in [-0.1, -0.05) is 12.1 Å². The van der Waals surface area contributed by atoms with Gasteiger partial charge in [0.1, 0.15) is 11.6 Å². The molecule has 1 aliphatic rings. The quantitative estimate of drug-likeness (QED) is 0.867. The largest absolute Gasteiger partial charge is 0.492 e. The van der Waals surface area contributed by atoms with Gasteiger partial charge in [0.15, 0.2) is 0 Å². The lowest BCUT2D eigenvalue weighted by Gasteiger charge is -2.34. The average molecular weight is 343 g/mol. The molecular formula is C20H26FN3O. The summed E-state index contributed by atoms with van der Waals surface area (Å²) >= 11 is 0. The van der Waals surface area contributed by atoms with Crippen LogP contribution in [0.15, 0.2) is 42.5 Å². The Morgan fingerprint density at radius 2 is 1.76 bits per heavy atom. The molecule has 1 saturated heterocycles. The van der Waals surface area contributed by atoms with Crippen LogP contribution < -0.4 is 15.0 Å². The predicted molar refractivity (Wildman–Crippen MR) is 101 cm³/mol. The molecule has 1 aliphatic heterocycles. The summed E-state index contributed by atoms with van der Waals surface area (Å²) in [5, 5.41) is 3.33. The number of hydrogen-bond acceptors (Lipinski definition) is 4. The van der Waals surface area contributed by atoms with E-state index in [4.69, 9.17) is 4.74 Å². The molecule has 3 rings (SSSR count). The second-order valence-electron chi connectivity index (χ2n) is 6.38. The van der Waals surface area contributed by atoms with Crippen LogP contribution in [0.1, 0.15) is 12.5 Å². The highest BCUT2D eigenvalue weighted by atomic mass is 19.1. The van der Waals surface area contributed by atoms with Gasteiger partial charge in [-0.2, -0.15) is 0 Å². The molecule has 0 aliphatic carbocycles. The van der Waals surface area contributed by atoms with Crippen LogP contribution in [-0.4, -0.2) is 44.7 Å². The van der Waals surface area contributed by atoms with E-state index in [2.05, 4.69) is 46.4 Å². The first-order valence-electron chi connectivity index (χ1n) is 8.84. The number of rotatable bonds is 6. The fraction of sp³-hybridized carbons (Fsp3) is 0.400. The molecule has 0 amide bonds. The zero-order valence-electron chi connectivity index (χ0n) is 15.0. The number of ether oxygens (including phenoxy) is 1.